The van der Waals surface area contributed by atoms with Gasteiger partial charge in [0, 0.05) is 18.7 Å². The van der Waals surface area contributed by atoms with E-state index >= 15 is 0 Å². The number of amides is 1. The van der Waals surface area contributed by atoms with Gasteiger partial charge in [-0.2, -0.15) is 0 Å². The number of benzene rings is 2. The molecular weight excluding hydrogens is 476 g/mol. The van der Waals surface area contributed by atoms with Crippen molar-refractivity contribution in [2.45, 2.75) is 26.8 Å². The minimum Gasteiger partial charge on any atom is -0.507 e. The standard InChI is InChI=1S/C28H36N2O7/c1-8-29(9-2)12-13-30-24(18-15-21(35-5)27(37-7)22(16-18)36-6)23(26(32)28(30)33)25(31)20-11-10-19(34-4)14-17(20)3/h10-11,14-16,24,31H,8-9,12-13H2,1-7H3/b25-23+/t24-/m0/s1. The molecular formula is C28H36N2O7. The lowest BCUT2D eigenvalue weighted by Gasteiger charge is -2.29. The highest BCUT2D eigenvalue weighted by Crippen LogP contribution is 2.46. The minimum atomic E-state index is -0.856. The molecule has 1 aliphatic rings. The Balaban J connectivity index is 2.25. The molecule has 1 saturated heterocycles. The maximum atomic E-state index is 13.4. The first-order valence-corrected chi connectivity index (χ1v) is 12.2. The Hall–Kier alpha value is -3.72. The Morgan fingerprint density at radius 2 is 1.57 bits per heavy atom. The molecule has 1 atom stereocenters. The van der Waals surface area contributed by atoms with Crippen molar-refractivity contribution in [2.75, 3.05) is 54.6 Å². The van der Waals surface area contributed by atoms with Crippen LogP contribution in [0.4, 0.5) is 0 Å². The van der Waals surface area contributed by atoms with Crippen LogP contribution in [0.2, 0.25) is 0 Å². The van der Waals surface area contributed by atoms with Crippen LogP contribution in [-0.4, -0.2) is 81.2 Å². The number of rotatable bonds is 11. The van der Waals surface area contributed by atoms with Crippen molar-refractivity contribution in [2.24, 2.45) is 0 Å². The molecule has 0 bridgehead atoms. The van der Waals surface area contributed by atoms with Gasteiger partial charge in [0.15, 0.2) is 11.5 Å². The summed E-state index contributed by atoms with van der Waals surface area (Å²) in [5, 5.41) is 11.5. The van der Waals surface area contributed by atoms with Crippen LogP contribution in [0.1, 0.15) is 36.6 Å². The van der Waals surface area contributed by atoms with Crippen LogP contribution in [0.25, 0.3) is 5.76 Å². The average molecular weight is 513 g/mol. The summed E-state index contributed by atoms with van der Waals surface area (Å²) in [6.07, 6.45) is 0. The van der Waals surface area contributed by atoms with Crippen LogP contribution in [0.5, 0.6) is 23.0 Å². The van der Waals surface area contributed by atoms with Gasteiger partial charge in [-0.15, -0.1) is 0 Å². The van der Waals surface area contributed by atoms with E-state index in [9.17, 15) is 14.7 Å². The van der Waals surface area contributed by atoms with Crippen molar-refractivity contribution in [3.63, 3.8) is 0 Å². The highest BCUT2D eigenvalue weighted by Gasteiger charge is 2.46. The maximum Gasteiger partial charge on any atom is 0.295 e. The molecule has 1 heterocycles. The number of hydrogen-bond donors (Lipinski definition) is 1. The number of carbonyl (C=O) groups excluding carboxylic acids is 2. The van der Waals surface area contributed by atoms with Crippen LogP contribution in [0.3, 0.4) is 0 Å². The van der Waals surface area contributed by atoms with Crippen LogP contribution in [-0.2, 0) is 9.59 Å². The molecule has 3 rings (SSSR count). The summed E-state index contributed by atoms with van der Waals surface area (Å²) in [7, 11) is 6.06. The smallest absolute Gasteiger partial charge is 0.295 e. The lowest BCUT2D eigenvalue weighted by atomic mass is 9.93. The topological polar surface area (TPSA) is 97.8 Å². The predicted molar refractivity (Wildman–Crippen MR) is 141 cm³/mol. The Morgan fingerprint density at radius 3 is 2.05 bits per heavy atom. The van der Waals surface area contributed by atoms with Gasteiger partial charge >= 0.3 is 0 Å². The molecule has 2 aromatic rings. The normalized spacial score (nSPS) is 16.9. The Bertz CT molecular complexity index is 1160. The number of Topliss-reactive ketones (excluding diaryl/α,β-unsaturated/α-hetero) is 1. The third kappa shape index (κ3) is 5.36. The predicted octanol–water partition coefficient (Wildman–Crippen LogP) is 3.79. The molecule has 37 heavy (non-hydrogen) atoms. The Morgan fingerprint density at radius 1 is 0.946 bits per heavy atom. The van der Waals surface area contributed by atoms with Crippen molar-refractivity contribution in [1.29, 1.82) is 0 Å². The number of likely N-dealkylation sites (N-methyl/N-ethyl adjacent to an activating group) is 1. The first-order chi connectivity index (χ1) is 17.8. The van der Waals surface area contributed by atoms with Crippen molar-refractivity contribution in [3.8, 4) is 23.0 Å². The van der Waals surface area contributed by atoms with E-state index < -0.39 is 17.7 Å². The summed E-state index contributed by atoms with van der Waals surface area (Å²) in [4.78, 5) is 30.4. The number of aliphatic hydroxyl groups excluding tert-OH is 1. The number of methoxy groups -OCH3 is 4. The lowest BCUT2D eigenvalue weighted by molar-refractivity contribution is -0.140. The number of carbonyl (C=O) groups is 2. The number of nitrogens with zero attached hydrogens (tertiary/aromatic N) is 2. The van der Waals surface area contributed by atoms with Gasteiger partial charge in [0.25, 0.3) is 11.7 Å². The fraction of sp³-hybridized carbons (Fsp3) is 0.429. The van der Waals surface area contributed by atoms with Crippen molar-refractivity contribution < 1.29 is 33.6 Å². The fourth-order valence-electron chi connectivity index (χ4n) is 4.68. The molecule has 1 fully saturated rings. The summed E-state index contributed by atoms with van der Waals surface area (Å²) in [6.45, 7) is 8.37. The van der Waals surface area contributed by atoms with Gasteiger partial charge in [0.05, 0.1) is 40.1 Å². The highest BCUT2D eigenvalue weighted by atomic mass is 16.5. The summed E-state index contributed by atoms with van der Waals surface area (Å²) < 4.78 is 21.8. The molecule has 0 aliphatic carbocycles. The zero-order chi connectivity index (χ0) is 27.3. The van der Waals surface area contributed by atoms with Crippen LogP contribution < -0.4 is 18.9 Å². The second-order valence-corrected chi connectivity index (χ2v) is 8.66. The highest BCUT2D eigenvalue weighted by molar-refractivity contribution is 6.46. The maximum absolute atomic E-state index is 13.4. The van der Waals surface area contributed by atoms with Crippen LogP contribution in [0.15, 0.2) is 35.9 Å². The van der Waals surface area contributed by atoms with Crippen LogP contribution in [0, 0.1) is 6.92 Å². The minimum absolute atomic E-state index is 0.00656. The third-order valence-corrected chi connectivity index (χ3v) is 6.78. The Kier molecular flexibility index (Phi) is 9.04. The molecule has 0 radical (unpaired) electrons. The van der Waals surface area contributed by atoms with Crippen molar-refractivity contribution >= 4 is 17.4 Å². The van der Waals surface area contributed by atoms with Crippen molar-refractivity contribution in [1.82, 2.24) is 9.80 Å². The third-order valence-electron chi connectivity index (χ3n) is 6.78. The fourth-order valence-corrected chi connectivity index (χ4v) is 4.68. The van der Waals surface area contributed by atoms with Gasteiger partial charge in [-0.3, -0.25) is 9.59 Å². The first-order valence-electron chi connectivity index (χ1n) is 12.2. The molecule has 9 heteroatoms. The zero-order valence-corrected chi connectivity index (χ0v) is 22.6. The molecule has 0 saturated carbocycles. The van der Waals surface area contributed by atoms with Crippen molar-refractivity contribution in [3.05, 3.63) is 52.6 Å². The monoisotopic (exact) mass is 512 g/mol. The van der Waals surface area contributed by atoms with Gasteiger partial charge in [0.1, 0.15) is 11.5 Å². The number of ether oxygens (including phenoxy) is 4. The second kappa shape index (κ2) is 12.0. The molecule has 0 spiro atoms. The van der Waals surface area contributed by atoms with Crippen LogP contribution >= 0.6 is 0 Å². The summed E-state index contributed by atoms with van der Waals surface area (Å²) in [5.74, 6) is 0.112. The quantitative estimate of drug-likeness (QED) is 0.276. The number of aliphatic hydroxyl groups is 1. The van der Waals surface area contributed by atoms with E-state index in [0.717, 1.165) is 13.1 Å². The zero-order valence-electron chi connectivity index (χ0n) is 22.6. The van der Waals surface area contributed by atoms with E-state index in [1.807, 2.05) is 20.8 Å². The van der Waals surface area contributed by atoms with E-state index in [0.29, 0.717) is 52.8 Å². The van der Waals surface area contributed by atoms with E-state index in [1.165, 1.54) is 26.2 Å². The average Bonchev–Trinajstić information content (AvgIpc) is 3.17. The molecule has 2 aromatic carbocycles. The molecule has 9 nitrogen and oxygen atoms in total. The van der Waals surface area contributed by atoms with Gasteiger partial charge in [0.2, 0.25) is 5.75 Å². The van der Waals surface area contributed by atoms with E-state index in [-0.39, 0.29) is 11.3 Å². The summed E-state index contributed by atoms with van der Waals surface area (Å²) in [5.41, 5.74) is 1.71. The SMILES string of the molecule is CCN(CC)CCN1C(=O)C(=O)/C(=C(/O)c2ccc(OC)cc2C)[C@@H]1c1cc(OC)c(OC)c(OC)c1. The largest absolute Gasteiger partial charge is 0.507 e. The number of likely N-dealkylation sites (tertiary alicyclic amines) is 1. The number of ketones is 1. The van der Waals surface area contributed by atoms with Gasteiger partial charge in [-0.25, -0.2) is 0 Å². The molecule has 0 unspecified atom stereocenters. The Labute approximate surface area is 218 Å². The van der Waals surface area contributed by atoms with E-state index in [2.05, 4.69) is 4.90 Å². The van der Waals surface area contributed by atoms with Gasteiger partial charge in [-0.05, 0) is 61.5 Å². The summed E-state index contributed by atoms with van der Waals surface area (Å²) in [6, 6.07) is 7.70. The number of hydrogen-bond acceptors (Lipinski definition) is 8. The summed E-state index contributed by atoms with van der Waals surface area (Å²) >= 11 is 0. The lowest BCUT2D eigenvalue weighted by Crippen LogP contribution is -2.38. The second-order valence-electron chi connectivity index (χ2n) is 8.66. The molecule has 1 amide bonds. The molecule has 1 N–H and O–H groups in total. The van der Waals surface area contributed by atoms with Gasteiger partial charge in [-0.1, -0.05) is 13.8 Å². The van der Waals surface area contributed by atoms with E-state index in [4.69, 9.17) is 18.9 Å². The van der Waals surface area contributed by atoms with E-state index in [1.54, 1.807) is 37.4 Å². The number of aryl methyl sites for hydroxylation is 1. The molecule has 0 aromatic heterocycles. The molecule has 200 valence electrons. The molecule has 1 aliphatic heterocycles. The van der Waals surface area contributed by atoms with Gasteiger partial charge < -0.3 is 33.9 Å². The first kappa shape index (κ1) is 27.9.